The third kappa shape index (κ3) is 8.40. The Morgan fingerprint density at radius 3 is 2.53 bits per heavy atom. The summed E-state index contributed by atoms with van der Waals surface area (Å²) >= 11 is 0. The van der Waals surface area contributed by atoms with E-state index in [2.05, 4.69) is 15.4 Å². The second kappa shape index (κ2) is 14.6. The lowest BCUT2D eigenvalue weighted by atomic mass is 10.1. The monoisotopic (exact) mass is 603 g/mol. The van der Waals surface area contributed by atoms with Gasteiger partial charge < -0.3 is 34.7 Å². The van der Waals surface area contributed by atoms with Crippen molar-refractivity contribution in [3.8, 4) is 5.75 Å². The van der Waals surface area contributed by atoms with E-state index < -0.39 is 42.7 Å². The molecule has 13 nitrogen and oxygen atoms in total. The van der Waals surface area contributed by atoms with Crippen LogP contribution in [0, 0.1) is 0 Å². The second-order valence-electron chi connectivity index (χ2n) is 9.39. The van der Waals surface area contributed by atoms with Gasteiger partial charge in [0, 0.05) is 25.7 Å². The van der Waals surface area contributed by atoms with Gasteiger partial charge in [-0.15, -0.1) is 0 Å². The number of benzene rings is 1. The maximum Gasteiger partial charge on any atom is 0.416 e. The molecule has 0 fully saturated rings. The van der Waals surface area contributed by atoms with Crippen LogP contribution in [0.3, 0.4) is 0 Å². The number of allylic oxidation sites excluding steroid dienone is 1. The van der Waals surface area contributed by atoms with Gasteiger partial charge in [0.25, 0.3) is 12.0 Å². The Kier molecular flexibility index (Phi) is 11.0. The smallest absolute Gasteiger partial charge is 0.416 e. The van der Waals surface area contributed by atoms with E-state index in [4.69, 9.17) is 4.74 Å². The number of carbonyl (C=O) groups excluding carboxylic acids is 3. The van der Waals surface area contributed by atoms with Crippen LogP contribution in [0.1, 0.15) is 18.5 Å². The highest BCUT2D eigenvalue weighted by Crippen LogP contribution is 2.30. The molecule has 230 valence electrons. The maximum absolute atomic E-state index is 13.3. The molecule has 3 N–H and O–H groups in total. The van der Waals surface area contributed by atoms with E-state index in [9.17, 15) is 37.9 Å². The lowest BCUT2D eigenvalue weighted by Gasteiger charge is -2.17. The molecular weight excluding hydrogens is 572 g/mol. The van der Waals surface area contributed by atoms with Crippen molar-refractivity contribution in [3.63, 3.8) is 0 Å². The lowest BCUT2D eigenvalue weighted by Crippen LogP contribution is -2.44. The van der Waals surface area contributed by atoms with Crippen molar-refractivity contribution in [3.05, 3.63) is 70.8 Å². The molecule has 0 radical (unpaired) electrons. The van der Waals surface area contributed by atoms with Gasteiger partial charge in [0.05, 0.1) is 19.3 Å². The van der Waals surface area contributed by atoms with E-state index in [1.165, 1.54) is 47.5 Å². The van der Waals surface area contributed by atoms with Crippen LogP contribution in [0.5, 0.6) is 5.75 Å². The van der Waals surface area contributed by atoms with Gasteiger partial charge >= 0.3 is 12.2 Å². The number of para-hydroxylation sites is 1. The third-order valence-corrected chi connectivity index (χ3v) is 6.15. The Morgan fingerprint density at radius 1 is 1.14 bits per heavy atom. The van der Waals surface area contributed by atoms with Gasteiger partial charge in [0.15, 0.2) is 0 Å². The topological polar surface area (TPSA) is 161 Å². The van der Waals surface area contributed by atoms with Crippen molar-refractivity contribution in [2.75, 3.05) is 33.1 Å². The second-order valence-corrected chi connectivity index (χ2v) is 9.39. The fraction of sp³-hybridized carbons (Fsp3) is 0.321. The molecule has 3 rings (SSSR count). The molecule has 15 heteroatoms. The van der Waals surface area contributed by atoms with E-state index in [0.29, 0.717) is 5.39 Å². The van der Waals surface area contributed by atoms with E-state index in [0.717, 1.165) is 16.2 Å². The van der Waals surface area contributed by atoms with Gasteiger partial charge in [-0.1, -0.05) is 18.2 Å². The zero-order valence-electron chi connectivity index (χ0n) is 23.6. The number of ether oxygens (including phenoxy) is 2. The van der Waals surface area contributed by atoms with Crippen molar-refractivity contribution < 1.29 is 42.5 Å². The Labute approximate surface area is 244 Å². The van der Waals surface area contributed by atoms with Crippen molar-refractivity contribution in [1.82, 2.24) is 19.4 Å². The normalized spacial score (nSPS) is 11.9. The van der Waals surface area contributed by atoms with Crippen LogP contribution in [0.25, 0.3) is 10.9 Å². The summed E-state index contributed by atoms with van der Waals surface area (Å²) < 4.78 is 37.2. The summed E-state index contributed by atoms with van der Waals surface area (Å²) in [5, 5.41) is 15.2. The van der Waals surface area contributed by atoms with E-state index in [1.54, 1.807) is 26.2 Å². The van der Waals surface area contributed by atoms with E-state index >= 15 is 0 Å². The zero-order valence-corrected chi connectivity index (χ0v) is 23.6. The zero-order chi connectivity index (χ0) is 31.7. The summed E-state index contributed by atoms with van der Waals surface area (Å²) in [4.78, 5) is 63.4. The molecule has 43 heavy (non-hydrogen) atoms. The number of pyridine rings is 1. The van der Waals surface area contributed by atoms with E-state index in [-0.39, 0.29) is 47.9 Å². The number of nitrogens with zero attached hydrogens (tertiary/aromatic N) is 3. The molecule has 0 unspecified atom stereocenters. The fourth-order valence-corrected chi connectivity index (χ4v) is 4.10. The average molecular weight is 604 g/mol. The van der Waals surface area contributed by atoms with Gasteiger partial charge in [-0.25, -0.2) is 22.9 Å². The number of hydrogen-bond acceptors (Lipinski definition) is 7. The summed E-state index contributed by atoms with van der Waals surface area (Å²) in [6, 6.07) is 7.63. The molecule has 3 amide bonds. The molecule has 0 aliphatic rings. The van der Waals surface area contributed by atoms with Crippen molar-refractivity contribution in [1.29, 1.82) is 0 Å². The number of rotatable bonds is 12. The summed E-state index contributed by atoms with van der Waals surface area (Å²) in [5.41, 5.74) is -0.659. The molecule has 0 saturated heterocycles. The fourth-order valence-electron chi connectivity index (χ4n) is 4.10. The highest BCUT2D eigenvalue weighted by Gasteiger charge is 2.23. The van der Waals surface area contributed by atoms with Crippen LogP contribution in [0.4, 0.5) is 24.1 Å². The number of carboxylic acid groups (broad SMARTS) is 1. The predicted molar refractivity (Wildman–Crippen MR) is 152 cm³/mol. The number of fused-ring (bicyclic) bond motifs is 1. The minimum atomic E-state index is -2.77. The van der Waals surface area contributed by atoms with Crippen LogP contribution < -0.4 is 20.9 Å². The Morgan fingerprint density at radius 2 is 1.88 bits per heavy atom. The maximum atomic E-state index is 13.3. The van der Waals surface area contributed by atoms with Gasteiger partial charge in [-0.3, -0.25) is 14.4 Å². The molecule has 0 aliphatic carbocycles. The summed E-state index contributed by atoms with van der Waals surface area (Å²) in [6.45, 7) is -1.19. The van der Waals surface area contributed by atoms with Crippen LogP contribution in [-0.2, 0) is 20.9 Å². The number of alkyl halides is 2. The van der Waals surface area contributed by atoms with Crippen LogP contribution in [0.2, 0.25) is 0 Å². The largest absolute Gasteiger partial charge is 0.485 e. The number of anilines is 1. The first kappa shape index (κ1) is 32.3. The number of aromatic nitrogens is 2. The molecular formula is C28H31F2N5O8. The molecule has 2 aromatic heterocycles. The molecule has 0 bridgehead atoms. The molecule has 1 atom stereocenters. The molecule has 0 spiro atoms. The number of amides is 3. The molecule has 3 aromatic rings. The Bertz CT molecular complexity index is 1580. The number of methoxy groups -OCH3 is 1. The standard InChI is InChI=1S/C28H31F2N5O8/c1-33(2)23(36)12-5-4-9-19(32-27(39)42-3)25(37)31-20-10-7-13-34(26(20)38)15-18-14-17-8-6-11-21(43-16-22(29)30)24(17)35(18)28(40)41/h5-8,10-14,19,22H,4,9,15-16H2,1-3H3,(H,31,37)(H,32,39)(H,40,41)/b12-5+/t19-/m0/s1. The quantitative estimate of drug-likeness (QED) is 0.266. The summed E-state index contributed by atoms with van der Waals surface area (Å²) in [6.07, 6.45) is -0.503. The number of likely N-dealkylation sites (N-methyl/N-ethyl adjacent to an activating group) is 1. The average Bonchev–Trinajstić information content (AvgIpc) is 3.33. The number of nitrogens with one attached hydrogen (secondary N) is 2. The first-order chi connectivity index (χ1) is 20.4. The Balaban J connectivity index is 1.86. The first-order valence-electron chi connectivity index (χ1n) is 12.9. The highest BCUT2D eigenvalue weighted by molar-refractivity contribution is 5.96. The minimum Gasteiger partial charge on any atom is -0.485 e. The summed E-state index contributed by atoms with van der Waals surface area (Å²) in [5.74, 6) is -1.05. The molecule has 0 saturated carbocycles. The third-order valence-electron chi connectivity index (χ3n) is 6.15. The lowest BCUT2D eigenvalue weighted by molar-refractivity contribution is -0.123. The SMILES string of the molecule is COC(=O)N[C@@H](CC/C=C/C(=O)N(C)C)C(=O)Nc1cccn(Cc2cc3cccc(OCC(F)F)c3n2C(=O)O)c1=O. The Hall–Kier alpha value is -5.21. The number of hydrogen-bond donors (Lipinski definition) is 3. The number of carbonyl (C=O) groups is 4. The highest BCUT2D eigenvalue weighted by atomic mass is 19.3. The molecule has 0 aliphatic heterocycles. The van der Waals surface area contributed by atoms with Crippen LogP contribution >= 0.6 is 0 Å². The van der Waals surface area contributed by atoms with E-state index in [1.807, 2.05) is 0 Å². The predicted octanol–water partition coefficient (Wildman–Crippen LogP) is 3.11. The molecule has 1 aromatic carbocycles. The first-order valence-corrected chi connectivity index (χ1v) is 12.9. The number of halogens is 2. The van der Waals surface area contributed by atoms with Crippen molar-refractivity contribution in [2.45, 2.75) is 31.9 Å². The molecule has 2 heterocycles. The number of alkyl carbamates (subject to hydrolysis) is 1. The summed E-state index contributed by atoms with van der Waals surface area (Å²) in [7, 11) is 4.29. The van der Waals surface area contributed by atoms with Gasteiger partial charge in [0.2, 0.25) is 11.8 Å². The van der Waals surface area contributed by atoms with Crippen LogP contribution in [-0.4, -0.2) is 83.4 Å². The minimum absolute atomic E-state index is 0.0428. The van der Waals surface area contributed by atoms with Crippen molar-refractivity contribution >= 4 is 40.6 Å². The van der Waals surface area contributed by atoms with Crippen LogP contribution in [0.15, 0.2) is 59.5 Å². The van der Waals surface area contributed by atoms with Gasteiger partial charge in [0.1, 0.15) is 29.6 Å². The van der Waals surface area contributed by atoms with Gasteiger partial charge in [-0.2, -0.15) is 0 Å². The van der Waals surface area contributed by atoms with Gasteiger partial charge in [-0.05, 0) is 43.2 Å². The van der Waals surface area contributed by atoms with Crippen molar-refractivity contribution in [2.24, 2.45) is 0 Å².